The van der Waals surface area contributed by atoms with Crippen molar-refractivity contribution in [3.05, 3.63) is 57.3 Å². The first-order chi connectivity index (χ1) is 9.09. The molecule has 3 rings (SSSR count). The standard InChI is InChI=1S/C17H20OS/c1-12-9-10-19-16(12)17(2,18)15-8-4-7-14(11-15)13-5-3-6-13/h4,7-11,13,18H,3,5-6H2,1-2H3. The van der Waals surface area contributed by atoms with Crippen LogP contribution in [0.3, 0.4) is 0 Å². The molecule has 2 heteroatoms. The average molecular weight is 272 g/mol. The molecule has 1 aliphatic carbocycles. The zero-order valence-electron chi connectivity index (χ0n) is 11.5. The van der Waals surface area contributed by atoms with Gasteiger partial charge in [0.05, 0.1) is 0 Å². The van der Waals surface area contributed by atoms with Gasteiger partial charge in [0.25, 0.3) is 0 Å². The molecule has 0 aliphatic heterocycles. The molecule has 1 N–H and O–H groups in total. The van der Waals surface area contributed by atoms with Gasteiger partial charge < -0.3 is 5.11 Å². The van der Waals surface area contributed by atoms with Crippen LogP contribution in [0.1, 0.15) is 53.7 Å². The summed E-state index contributed by atoms with van der Waals surface area (Å²) in [7, 11) is 0. The van der Waals surface area contributed by atoms with E-state index in [1.807, 2.05) is 13.0 Å². The average Bonchev–Trinajstić information content (AvgIpc) is 2.74. The number of thiophene rings is 1. The van der Waals surface area contributed by atoms with Crippen molar-refractivity contribution in [1.82, 2.24) is 0 Å². The van der Waals surface area contributed by atoms with Crippen molar-refractivity contribution in [3.8, 4) is 0 Å². The first-order valence-electron chi connectivity index (χ1n) is 6.96. The van der Waals surface area contributed by atoms with Gasteiger partial charge >= 0.3 is 0 Å². The van der Waals surface area contributed by atoms with Crippen LogP contribution in [0.4, 0.5) is 0 Å². The van der Waals surface area contributed by atoms with Crippen LogP contribution >= 0.6 is 11.3 Å². The summed E-state index contributed by atoms with van der Waals surface area (Å²) in [5, 5.41) is 13.0. The second-order valence-electron chi connectivity index (χ2n) is 5.76. The second kappa shape index (κ2) is 4.77. The summed E-state index contributed by atoms with van der Waals surface area (Å²) in [6.07, 6.45) is 3.93. The minimum atomic E-state index is -0.877. The molecule has 1 nitrogen and oxygen atoms in total. The lowest BCUT2D eigenvalue weighted by Crippen LogP contribution is -2.23. The summed E-state index contributed by atoms with van der Waals surface area (Å²) in [5.74, 6) is 0.709. The van der Waals surface area contributed by atoms with E-state index in [0.717, 1.165) is 10.4 Å². The fourth-order valence-corrected chi connectivity index (χ4v) is 3.85. The topological polar surface area (TPSA) is 20.2 Å². The maximum absolute atomic E-state index is 10.9. The third-order valence-corrected chi connectivity index (χ3v) is 5.56. The summed E-state index contributed by atoms with van der Waals surface area (Å²) in [6.45, 7) is 3.97. The number of rotatable bonds is 3. The highest BCUT2D eigenvalue weighted by Gasteiger charge is 2.29. The molecule has 0 radical (unpaired) electrons. The lowest BCUT2D eigenvalue weighted by Gasteiger charge is -2.29. The highest BCUT2D eigenvalue weighted by molar-refractivity contribution is 7.10. The van der Waals surface area contributed by atoms with E-state index in [1.165, 1.54) is 30.4 Å². The van der Waals surface area contributed by atoms with Crippen molar-refractivity contribution in [2.24, 2.45) is 0 Å². The maximum atomic E-state index is 10.9. The van der Waals surface area contributed by atoms with Crippen LogP contribution in [0.5, 0.6) is 0 Å². The Balaban J connectivity index is 1.98. The van der Waals surface area contributed by atoms with Crippen molar-refractivity contribution in [3.63, 3.8) is 0 Å². The van der Waals surface area contributed by atoms with Crippen LogP contribution in [-0.4, -0.2) is 5.11 Å². The smallest absolute Gasteiger partial charge is 0.121 e. The van der Waals surface area contributed by atoms with E-state index < -0.39 is 5.60 Å². The van der Waals surface area contributed by atoms with E-state index in [-0.39, 0.29) is 0 Å². The van der Waals surface area contributed by atoms with Gasteiger partial charge in [-0.05, 0) is 60.7 Å². The van der Waals surface area contributed by atoms with Gasteiger partial charge in [0.2, 0.25) is 0 Å². The van der Waals surface area contributed by atoms with Crippen LogP contribution in [0.2, 0.25) is 0 Å². The van der Waals surface area contributed by atoms with Gasteiger partial charge in [0.15, 0.2) is 0 Å². The van der Waals surface area contributed by atoms with E-state index in [0.29, 0.717) is 5.92 Å². The summed E-state index contributed by atoms with van der Waals surface area (Å²) >= 11 is 1.64. The van der Waals surface area contributed by atoms with Crippen molar-refractivity contribution in [2.75, 3.05) is 0 Å². The van der Waals surface area contributed by atoms with E-state index in [4.69, 9.17) is 0 Å². The van der Waals surface area contributed by atoms with Gasteiger partial charge in [0, 0.05) is 4.88 Å². The molecule has 0 amide bonds. The Morgan fingerprint density at radius 3 is 2.63 bits per heavy atom. The number of aryl methyl sites for hydroxylation is 1. The van der Waals surface area contributed by atoms with Crippen LogP contribution in [0.15, 0.2) is 35.7 Å². The molecule has 1 fully saturated rings. The molecular formula is C17H20OS. The quantitative estimate of drug-likeness (QED) is 0.867. The Hall–Kier alpha value is -1.12. The monoisotopic (exact) mass is 272 g/mol. The molecule has 1 unspecified atom stereocenters. The molecule has 1 aromatic carbocycles. The Labute approximate surface area is 118 Å². The SMILES string of the molecule is Cc1ccsc1C(C)(O)c1cccc(C2CCC2)c1. The maximum Gasteiger partial charge on any atom is 0.121 e. The Bertz CT molecular complexity index is 578. The predicted octanol–water partition coefficient (Wildman–Crippen LogP) is 4.58. The lowest BCUT2D eigenvalue weighted by molar-refractivity contribution is 0.105. The van der Waals surface area contributed by atoms with Gasteiger partial charge in [-0.3, -0.25) is 0 Å². The van der Waals surface area contributed by atoms with Crippen LogP contribution in [0, 0.1) is 6.92 Å². The lowest BCUT2D eigenvalue weighted by atomic mass is 9.78. The van der Waals surface area contributed by atoms with E-state index in [9.17, 15) is 5.11 Å². The van der Waals surface area contributed by atoms with E-state index >= 15 is 0 Å². The minimum absolute atomic E-state index is 0.709. The molecule has 1 atom stereocenters. The summed E-state index contributed by atoms with van der Waals surface area (Å²) in [4.78, 5) is 1.05. The summed E-state index contributed by atoms with van der Waals surface area (Å²) in [5.41, 5.74) is 2.70. The third kappa shape index (κ3) is 2.24. The number of benzene rings is 1. The Morgan fingerprint density at radius 1 is 1.26 bits per heavy atom. The van der Waals surface area contributed by atoms with Gasteiger partial charge in [-0.15, -0.1) is 11.3 Å². The number of aliphatic hydroxyl groups is 1. The molecule has 19 heavy (non-hydrogen) atoms. The molecule has 1 aliphatic rings. The normalized spacial score (nSPS) is 18.9. The van der Waals surface area contributed by atoms with Gasteiger partial charge in [-0.25, -0.2) is 0 Å². The second-order valence-corrected chi connectivity index (χ2v) is 6.67. The number of hydrogen-bond donors (Lipinski definition) is 1. The van der Waals surface area contributed by atoms with Crippen molar-refractivity contribution in [1.29, 1.82) is 0 Å². The molecule has 100 valence electrons. The fourth-order valence-electron chi connectivity index (χ4n) is 2.84. The van der Waals surface area contributed by atoms with Crippen molar-refractivity contribution >= 4 is 11.3 Å². The van der Waals surface area contributed by atoms with Crippen LogP contribution in [-0.2, 0) is 5.60 Å². The molecule has 1 aromatic heterocycles. The van der Waals surface area contributed by atoms with Gasteiger partial charge in [0.1, 0.15) is 5.60 Å². The van der Waals surface area contributed by atoms with Crippen LogP contribution in [0.25, 0.3) is 0 Å². The molecule has 0 spiro atoms. The molecule has 0 saturated heterocycles. The first-order valence-corrected chi connectivity index (χ1v) is 7.84. The molecule has 2 aromatic rings. The molecular weight excluding hydrogens is 252 g/mol. The highest BCUT2D eigenvalue weighted by atomic mass is 32.1. The van der Waals surface area contributed by atoms with Gasteiger partial charge in [-0.1, -0.05) is 30.7 Å². The Morgan fingerprint density at radius 2 is 2.05 bits per heavy atom. The van der Waals surface area contributed by atoms with E-state index in [2.05, 4.69) is 36.6 Å². The number of hydrogen-bond acceptors (Lipinski definition) is 2. The molecule has 1 saturated carbocycles. The zero-order valence-corrected chi connectivity index (χ0v) is 12.3. The zero-order chi connectivity index (χ0) is 13.5. The van der Waals surface area contributed by atoms with Gasteiger partial charge in [-0.2, -0.15) is 0 Å². The highest BCUT2D eigenvalue weighted by Crippen LogP contribution is 2.40. The first kappa shape index (κ1) is 12.9. The minimum Gasteiger partial charge on any atom is -0.380 e. The summed E-state index contributed by atoms with van der Waals surface area (Å²) < 4.78 is 0. The fraction of sp³-hybridized carbons (Fsp3) is 0.412. The molecule has 1 heterocycles. The molecule has 0 bridgehead atoms. The summed E-state index contributed by atoms with van der Waals surface area (Å²) in [6, 6.07) is 10.6. The van der Waals surface area contributed by atoms with Crippen molar-refractivity contribution in [2.45, 2.75) is 44.6 Å². The Kier molecular flexibility index (Phi) is 3.23. The van der Waals surface area contributed by atoms with E-state index in [1.54, 1.807) is 11.3 Å². The van der Waals surface area contributed by atoms with Crippen LogP contribution < -0.4 is 0 Å². The van der Waals surface area contributed by atoms with Crippen molar-refractivity contribution < 1.29 is 5.11 Å². The third-order valence-electron chi connectivity index (χ3n) is 4.33. The largest absolute Gasteiger partial charge is 0.380 e. The predicted molar refractivity (Wildman–Crippen MR) is 80.8 cm³/mol.